The molecule has 0 aliphatic heterocycles. The van der Waals surface area contributed by atoms with Gasteiger partial charge in [0.05, 0.1) is 13.2 Å². The van der Waals surface area contributed by atoms with Crippen molar-refractivity contribution in [2.24, 2.45) is 5.92 Å². The second-order valence-electron chi connectivity index (χ2n) is 6.11. The fourth-order valence-corrected chi connectivity index (χ4v) is 3.12. The van der Waals surface area contributed by atoms with Gasteiger partial charge in [0.15, 0.2) is 0 Å². The molecular weight excluding hydrogens is 275 g/mol. The Morgan fingerprint density at radius 3 is 2.68 bits per heavy atom. The maximum atomic E-state index is 14.2. The molecule has 0 heterocycles. The van der Waals surface area contributed by atoms with E-state index < -0.39 is 0 Å². The van der Waals surface area contributed by atoms with E-state index in [0.29, 0.717) is 30.6 Å². The van der Waals surface area contributed by atoms with E-state index in [1.807, 2.05) is 19.1 Å². The first-order chi connectivity index (χ1) is 10.7. The second kappa shape index (κ2) is 8.89. The Balaban J connectivity index is 1.88. The van der Waals surface area contributed by atoms with Gasteiger partial charge < -0.3 is 4.74 Å². The molecule has 1 nitrogen and oxygen atoms in total. The van der Waals surface area contributed by atoms with Crippen LogP contribution in [0, 0.1) is 11.7 Å². The molecule has 1 fully saturated rings. The van der Waals surface area contributed by atoms with Crippen LogP contribution in [0.1, 0.15) is 56.1 Å². The lowest BCUT2D eigenvalue weighted by molar-refractivity contribution is 0.123. The van der Waals surface area contributed by atoms with E-state index in [-0.39, 0.29) is 5.82 Å². The first kappa shape index (κ1) is 17.0. The molecule has 0 amide bonds. The molecule has 0 spiro atoms. The molecule has 0 N–H and O–H groups in total. The molecule has 2 rings (SSSR count). The molecule has 120 valence electrons. The van der Waals surface area contributed by atoms with Crippen LogP contribution < -0.4 is 0 Å². The van der Waals surface area contributed by atoms with Crippen molar-refractivity contribution in [3.05, 3.63) is 60.0 Å². The third kappa shape index (κ3) is 4.81. The van der Waals surface area contributed by atoms with E-state index in [0.717, 1.165) is 24.8 Å². The smallest absolute Gasteiger partial charge is 0.129 e. The van der Waals surface area contributed by atoms with Gasteiger partial charge in [-0.05, 0) is 62.5 Å². The zero-order valence-corrected chi connectivity index (χ0v) is 13.6. The van der Waals surface area contributed by atoms with E-state index in [4.69, 9.17) is 4.74 Å². The van der Waals surface area contributed by atoms with Crippen LogP contribution in [0.25, 0.3) is 0 Å². The van der Waals surface area contributed by atoms with Gasteiger partial charge in [0.1, 0.15) is 5.82 Å². The summed E-state index contributed by atoms with van der Waals surface area (Å²) in [4.78, 5) is 0. The summed E-state index contributed by atoms with van der Waals surface area (Å²) in [6.45, 7) is 6.85. The summed E-state index contributed by atoms with van der Waals surface area (Å²) in [5, 5.41) is 0. The van der Waals surface area contributed by atoms with Crippen LogP contribution in [0.2, 0.25) is 0 Å². The van der Waals surface area contributed by atoms with Gasteiger partial charge in [-0.25, -0.2) is 4.39 Å². The molecule has 1 aromatic carbocycles. The predicted molar refractivity (Wildman–Crippen MR) is 90.4 cm³/mol. The predicted octanol–water partition coefficient (Wildman–Crippen LogP) is 5.77. The lowest BCUT2D eigenvalue weighted by Crippen LogP contribution is -2.12. The van der Waals surface area contributed by atoms with Gasteiger partial charge in [0, 0.05) is 5.56 Å². The molecule has 1 aromatic rings. The molecule has 1 saturated carbocycles. The topological polar surface area (TPSA) is 9.23 Å². The highest BCUT2D eigenvalue weighted by Crippen LogP contribution is 2.36. The molecule has 1 aliphatic carbocycles. The SMILES string of the molecule is C=CC1CCC(c2ccc(COCCC=CC)c(F)c2)CC1. The number of ether oxygens (including phenoxy) is 1. The summed E-state index contributed by atoms with van der Waals surface area (Å²) in [7, 11) is 0. The minimum Gasteiger partial charge on any atom is -0.376 e. The third-order valence-corrected chi connectivity index (χ3v) is 4.58. The molecular formula is C20H27FO. The van der Waals surface area contributed by atoms with Crippen LogP contribution in [0.15, 0.2) is 43.0 Å². The Labute approximate surface area is 133 Å². The van der Waals surface area contributed by atoms with Gasteiger partial charge in [-0.1, -0.05) is 30.4 Å². The lowest BCUT2D eigenvalue weighted by atomic mass is 9.78. The molecule has 1 aliphatic rings. The average molecular weight is 302 g/mol. The lowest BCUT2D eigenvalue weighted by Gasteiger charge is -2.27. The van der Waals surface area contributed by atoms with Crippen molar-refractivity contribution in [2.45, 2.75) is 51.6 Å². The fourth-order valence-electron chi connectivity index (χ4n) is 3.12. The van der Waals surface area contributed by atoms with E-state index in [2.05, 4.69) is 24.8 Å². The van der Waals surface area contributed by atoms with E-state index in [9.17, 15) is 4.39 Å². The standard InChI is InChI=1S/C20H27FO/c1-3-5-6-13-22-15-19-12-11-18(14-20(19)21)17-9-7-16(4-2)8-10-17/h3-5,11-12,14,16-17H,2,6-10,13,15H2,1H3. The maximum absolute atomic E-state index is 14.2. The Hall–Kier alpha value is -1.41. The largest absolute Gasteiger partial charge is 0.376 e. The van der Waals surface area contributed by atoms with Gasteiger partial charge in [0.25, 0.3) is 0 Å². The quantitative estimate of drug-likeness (QED) is 0.459. The highest BCUT2D eigenvalue weighted by atomic mass is 19.1. The molecule has 0 atom stereocenters. The fraction of sp³-hybridized carbons (Fsp3) is 0.500. The minimum atomic E-state index is -0.130. The molecule has 0 bridgehead atoms. The zero-order chi connectivity index (χ0) is 15.8. The normalized spacial score (nSPS) is 22.1. The number of rotatable bonds is 7. The van der Waals surface area contributed by atoms with Crippen molar-refractivity contribution in [2.75, 3.05) is 6.61 Å². The number of allylic oxidation sites excluding steroid dienone is 2. The van der Waals surface area contributed by atoms with E-state index in [1.165, 1.54) is 12.8 Å². The van der Waals surface area contributed by atoms with Gasteiger partial charge in [-0.15, -0.1) is 6.58 Å². The summed E-state index contributed by atoms with van der Waals surface area (Å²) >= 11 is 0. The first-order valence-corrected chi connectivity index (χ1v) is 8.34. The maximum Gasteiger partial charge on any atom is 0.129 e. The summed E-state index contributed by atoms with van der Waals surface area (Å²) in [6, 6.07) is 5.68. The molecule has 0 saturated heterocycles. The summed E-state index contributed by atoms with van der Waals surface area (Å²) < 4.78 is 19.7. The van der Waals surface area contributed by atoms with Gasteiger partial charge in [-0.2, -0.15) is 0 Å². The Morgan fingerprint density at radius 2 is 2.05 bits per heavy atom. The summed E-state index contributed by atoms with van der Waals surface area (Å²) in [5.74, 6) is 1.01. The first-order valence-electron chi connectivity index (χ1n) is 8.34. The van der Waals surface area contributed by atoms with E-state index in [1.54, 1.807) is 6.07 Å². The van der Waals surface area contributed by atoms with Gasteiger partial charge in [-0.3, -0.25) is 0 Å². The monoisotopic (exact) mass is 302 g/mol. The van der Waals surface area contributed by atoms with Crippen molar-refractivity contribution in [1.29, 1.82) is 0 Å². The average Bonchev–Trinajstić information content (AvgIpc) is 2.56. The van der Waals surface area contributed by atoms with Crippen molar-refractivity contribution >= 4 is 0 Å². The number of hydrogen-bond donors (Lipinski definition) is 0. The third-order valence-electron chi connectivity index (χ3n) is 4.58. The summed E-state index contributed by atoms with van der Waals surface area (Å²) in [5.41, 5.74) is 1.79. The second-order valence-corrected chi connectivity index (χ2v) is 6.11. The van der Waals surface area contributed by atoms with Crippen molar-refractivity contribution in [3.63, 3.8) is 0 Å². The number of halogens is 1. The van der Waals surface area contributed by atoms with Crippen molar-refractivity contribution in [1.82, 2.24) is 0 Å². The van der Waals surface area contributed by atoms with Crippen LogP contribution in [-0.2, 0) is 11.3 Å². The molecule has 0 unspecified atom stereocenters. The highest BCUT2D eigenvalue weighted by molar-refractivity contribution is 5.27. The van der Waals surface area contributed by atoms with Crippen molar-refractivity contribution in [3.8, 4) is 0 Å². The molecule has 2 heteroatoms. The van der Waals surface area contributed by atoms with Crippen LogP contribution in [0.3, 0.4) is 0 Å². The Bertz CT molecular complexity index is 498. The number of hydrogen-bond acceptors (Lipinski definition) is 1. The molecule has 22 heavy (non-hydrogen) atoms. The van der Waals surface area contributed by atoms with Gasteiger partial charge in [0.2, 0.25) is 0 Å². The van der Waals surface area contributed by atoms with Crippen LogP contribution in [0.5, 0.6) is 0 Å². The van der Waals surface area contributed by atoms with E-state index >= 15 is 0 Å². The van der Waals surface area contributed by atoms with Gasteiger partial charge >= 0.3 is 0 Å². The minimum absolute atomic E-state index is 0.130. The zero-order valence-electron chi connectivity index (χ0n) is 13.6. The Morgan fingerprint density at radius 1 is 1.27 bits per heavy atom. The highest BCUT2D eigenvalue weighted by Gasteiger charge is 2.21. The number of benzene rings is 1. The Kier molecular flexibility index (Phi) is 6.85. The van der Waals surface area contributed by atoms with Crippen LogP contribution in [-0.4, -0.2) is 6.61 Å². The molecule has 0 radical (unpaired) electrons. The summed E-state index contributed by atoms with van der Waals surface area (Å²) in [6.07, 6.45) is 11.6. The molecule has 0 aromatic heterocycles. The van der Waals surface area contributed by atoms with Crippen molar-refractivity contribution < 1.29 is 9.13 Å². The van der Waals surface area contributed by atoms with Crippen LogP contribution >= 0.6 is 0 Å². The van der Waals surface area contributed by atoms with Crippen LogP contribution in [0.4, 0.5) is 4.39 Å².